The van der Waals surface area contributed by atoms with E-state index in [9.17, 15) is 4.39 Å². The lowest BCUT2D eigenvalue weighted by Gasteiger charge is -2.28. The van der Waals surface area contributed by atoms with Crippen molar-refractivity contribution in [3.05, 3.63) is 29.6 Å². The highest BCUT2D eigenvalue weighted by Gasteiger charge is 2.33. The van der Waals surface area contributed by atoms with Crippen LogP contribution in [0.25, 0.3) is 0 Å². The number of methoxy groups -OCH3 is 1. The van der Waals surface area contributed by atoms with Gasteiger partial charge in [0.1, 0.15) is 11.6 Å². The molecule has 3 heteroatoms. The SMILES string of the molecule is COc1ccc(F)cc1CC1(CN)CCCC1. The van der Waals surface area contributed by atoms with Gasteiger partial charge in [-0.15, -0.1) is 0 Å². The number of nitrogens with two attached hydrogens (primary N) is 1. The Bertz CT molecular complexity index is 386. The van der Waals surface area contributed by atoms with Gasteiger partial charge in [-0.05, 0) is 55.0 Å². The molecule has 0 radical (unpaired) electrons. The molecule has 0 atom stereocenters. The van der Waals surface area contributed by atoms with E-state index in [4.69, 9.17) is 10.5 Å². The molecule has 0 bridgehead atoms. The van der Waals surface area contributed by atoms with E-state index in [1.165, 1.54) is 18.9 Å². The Morgan fingerprint density at radius 2 is 2.06 bits per heavy atom. The number of hydrogen-bond acceptors (Lipinski definition) is 2. The smallest absolute Gasteiger partial charge is 0.123 e. The van der Waals surface area contributed by atoms with Crippen molar-refractivity contribution in [2.45, 2.75) is 32.1 Å². The van der Waals surface area contributed by atoms with E-state index in [1.807, 2.05) is 0 Å². The summed E-state index contributed by atoms with van der Waals surface area (Å²) in [6, 6.07) is 4.71. The van der Waals surface area contributed by atoms with Gasteiger partial charge in [0.05, 0.1) is 7.11 Å². The molecule has 0 heterocycles. The zero-order valence-corrected chi connectivity index (χ0v) is 10.3. The molecule has 0 spiro atoms. The van der Waals surface area contributed by atoms with Crippen LogP contribution >= 0.6 is 0 Å². The van der Waals surface area contributed by atoms with Gasteiger partial charge >= 0.3 is 0 Å². The van der Waals surface area contributed by atoms with Crippen LogP contribution in [-0.2, 0) is 6.42 Å². The van der Waals surface area contributed by atoms with E-state index in [2.05, 4.69) is 0 Å². The molecule has 1 aliphatic rings. The summed E-state index contributed by atoms with van der Waals surface area (Å²) in [5.41, 5.74) is 7.01. The number of rotatable bonds is 4. The van der Waals surface area contributed by atoms with Crippen LogP contribution in [0.3, 0.4) is 0 Å². The average Bonchev–Trinajstić information content (AvgIpc) is 2.79. The molecule has 2 nitrogen and oxygen atoms in total. The average molecular weight is 237 g/mol. The van der Waals surface area contributed by atoms with E-state index < -0.39 is 0 Å². The van der Waals surface area contributed by atoms with Crippen molar-refractivity contribution in [1.82, 2.24) is 0 Å². The maximum absolute atomic E-state index is 13.3. The minimum atomic E-state index is -0.203. The number of hydrogen-bond donors (Lipinski definition) is 1. The molecular weight excluding hydrogens is 217 g/mol. The van der Waals surface area contributed by atoms with Crippen LogP contribution in [0.1, 0.15) is 31.2 Å². The third-order valence-electron chi connectivity index (χ3n) is 3.91. The summed E-state index contributed by atoms with van der Waals surface area (Å²) >= 11 is 0. The van der Waals surface area contributed by atoms with Gasteiger partial charge < -0.3 is 10.5 Å². The molecule has 0 amide bonds. The van der Waals surface area contributed by atoms with Crippen molar-refractivity contribution in [2.75, 3.05) is 13.7 Å². The second-order valence-corrected chi connectivity index (χ2v) is 5.04. The fourth-order valence-corrected chi connectivity index (χ4v) is 2.87. The summed E-state index contributed by atoms with van der Waals surface area (Å²) in [5.74, 6) is 0.567. The minimum absolute atomic E-state index is 0.154. The van der Waals surface area contributed by atoms with Crippen LogP contribution < -0.4 is 10.5 Å². The van der Waals surface area contributed by atoms with Gasteiger partial charge in [0.15, 0.2) is 0 Å². The Labute approximate surface area is 102 Å². The van der Waals surface area contributed by atoms with Gasteiger partial charge in [-0.25, -0.2) is 4.39 Å². The largest absolute Gasteiger partial charge is 0.496 e. The lowest BCUT2D eigenvalue weighted by atomic mass is 9.80. The Hall–Kier alpha value is -1.09. The maximum Gasteiger partial charge on any atom is 0.123 e. The third-order valence-corrected chi connectivity index (χ3v) is 3.91. The molecule has 0 unspecified atom stereocenters. The molecular formula is C14H20FNO. The van der Waals surface area contributed by atoms with Gasteiger partial charge in [0, 0.05) is 0 Å². The van der Waals surface area contributed by atoms with Crippen molar-refractivity contribution in [1.29, 1.82) is 0 Å². The topological polar surface area (TPSA) is 35.2 Å². The first kappa shape index (κ1) is 12.4. The number of halogens is 1. The molecule has 0 saturated heterocycles. The normalized spacial score (nSPS) is 18.3. The zero-order valence-electron chi connectivity index (χ0n) is 10.3. The maximum atomic E-state index is 13.3. The highest BCUT2D eigenvalue weighted by molar-refractivity contribution is 5.35. The second kappa shape index (κ2) is 5.05. The second-order valence-electron chi connectivity index (χ2n) is 5.04. The predicted octanol–water partition coefficient (Wildman–Crippen LogP) is 2.90. The van der Waals surface area contributed by atoms with Gasteiger partial charge in [0.25, 0.3) is 0 Å². The van der Waals surface area contributed by atoms with Crippen molar-refractivity contribution in [3.63, 3.8) is 0 Å². The first-order valence-corrected chi connectivity index (χ1v) is 6.22. The van der Waals surface area contributed by atoms with Crippen molar-refractivity contribution in [2.24, 2.45) is 11.1 Å². The summed E-state index contributed by atoms with van der Waals surface area (Å²) in [6.45, 7) is 0.673. The van der Waals surface area contributed by atoms with E-state index in [0.717, 1.165) is 30.6 Å². The Kier molecular flexibility index (Phi) is 3.67. The third kappa shape index (κ3) is 2.60. The van der Waals surface area contributed by atoms with Crippen LogP contribution in [0.2, 0.25) is 0 Å². The molecule has 1 fully saturated rings. The Balaban J connectivity index is 2.24. The highest BCUT2D eigenvalue weighted by Crippen LogP contribution is 2.41. The van der Waals surface area contributed by atoms with Crippen molar-refractivity contribution in [3.8, 4) is 5.75 Å². The molecule has 17 heavy (non-hydrogen) atoms. The molecule has 2 rings (SSSR count). The highest BCUT2D eigenvalue weighted by atomic mass is 19.1. The van der Waals surface area contributed by atoms with Gasteiger partial charge in [-0.2, -0.15) is 0 Å². The molecule has 0 aromatic heterocycles. The molecule has 1 aromatic rings. The first-order chi connectivity index (χ1) is 8.19. The summed E-state index contributed by atoms with van der Waals surface area (Å²) in [4.78, 5) is 0. The summed E-state index contributed by atoms with van der Waals surface area (Å²) in [6.07, 6.45) is 5.57. The van der Waals surface area contributed by atoms with E-state index >= 15 is 0 Å². The van der Waals surface area contributed by atoms with Crippen molar-refractivity contribution >= 4 is 0 Å². The number of benzene rings is 1. The van der Waals surface area contributed by atoms with Crippen LogP contribution in [0.5, 0.6) is 5.75 Å². The van der Waals surface area contributed by atoms with Crippen LogP contribution in [0, 0.1) is 11.2 Å². The summed E-state index contributed by atoms with van der Waals surface area (Å²) < 4.78 is 18.6. The quantitative estimate of drug-likeness (QED) is 0.874. The zero-order chi connectivity index (χ0) is 12.3. The molecule has 1 saturated carbocycles. The first-order valence-electron chi connectivity index (χ1n) is 6.22. The van der Waals surface area contributed by atoms with E-state index in [1.54, 1.807) is 19.2 Å². The molecule has 94 valence electrons. The molecule has 0 aliphatic heterocycles. The predicted molar refractivity (Wildman–Crippen MR) is 66.6 cm³/mol. The lowest BCUT2D eigenvalue weighted by Crippen LogP contribution is -2.29. The van der Waals surface area contributed by atoms with Gasteiger partial charge in [0.2, 0.25) is 0 Å². The molecule has 1 aliphatic carbocycles. The molecule has 2 N–H and O–H groups in total. The Morgan fingerprint density at radius 1 is 1.35 bits per heavy atom. The van der Waals surface area contributed by atoms with Gasteiger partial charge in [-0.1, -0.05) is 12.8 Å². The molecule has 1 aromatic carbocycles. The van der Waals surface area contributed by atoms with E-state index in [0.29, 0.717) is 6.54 Å². The summed E-state index contributed by atoms with van der Waals surface area (Å²) in [7, 11) is 1.63. The van der Waals surface area contributed by atoms with Crippen LogP contribution in [0.4, 0.5) is 4.39 Å². The standard InChI is InChI=1S/C14H20FNO/c1-17-13-5-4-12(15)8-11(13)9-14(10-16)6-2-3-7-14/h4-5,8H,2-3,6-7,9-10,16H2,1H3. The van der Waals surface area contributed by atoms with E-state index in [-0.39, 0.29) is 11.2 Å². The minimum Gasteiger partial charge on any atom is -0.496 e. The number of ether oxygens (including phenoxy) is 1. The summed E-state index contributed by atoms with van der Waals surface area (Å²) in [5, 5.41) is 0. The fraction of sp³-hybridized carbons (Fsp3) is 0.571. The monoisotopic (exact) mass is 237 g/mol. The van der Waals surface area contributed by atoms with Crippen LogP contribution in [0.15, 0.2) is 18.2 Å². The van der Waals surface area contributed by atoms with Crippen LogP contribution in [-0.4, -0.2) is 13.7 Å². The lowest BCUT2D eigenvalue weighted by molar-refractivity contribution is 0.299. The van der Waals surface area contributed by atoms with Crippen molar-refractivity contribution < 1.29 is 9.13 Å². The van der Waals surface area contributed by atoms with Gasteiger partial charge in [-0.3, -0.25) is 0 Å². The fourth-order valence-electron chi connectivity index (χ4n) is 2.87. The Morgan fingerprint density at radius 3 is 2.65 bits per heavy atom.